The van der Waals surface area contributed by atoms with Crippen molar-refractivity contribution in [3.63, 3.8) is 0 Å². The van der Waals surface area contributed by atoms with E-state index in [-0.39, 0.29) is 0 Å². The molecule has 0 saturated carbocycles. The summed E-state index contributed by atoms with van der Waals surface area (Å²) in [7, 11) is 3.47. The van der Waals surface area contributed by atoms with Crippen molar-refractivity contribution < 1.29 is 9.53 Å². The van der Waals surface area contributed by atoms with Gasteiger partial charge in [0.2, 0.25) is 0 Å². The molecule has 0 aromatic heterocycles. The summed E-state index contributed by atoms with van der Waals surface area (Å²) in [4.78, 5) is 14.0. The molecule has 0 bridgehead atoms. The van der Waals surface area contributed by atoms with Crippen LogP contribution in [0.2, 0.25) is 0 Å². The number of rotatable bonds is 3. The fourth-order valence-electron chi connectivity index (χ4n) is 2.24. The molecule has 6 heteroatoms. The lowest BCUT2D eigenvalue weighted by atomic mass is 10.1. The molecule has 20 heavy (non-hydrogen) atoms. The lowest BCUT2D eigenvalue weighted by Crippen LogP contribution is -2.46. The van der Waals surface area contributed by atoms with Crippen molar-refractivity contribution in [1.82, 2.24) is 9.91 Å². The molecule has 1 heterocycles. The van der Waals surface area contributed by atoms with Gasteiger partial charge in [-0.3, -0.25) is 0 Å². The predicted molar refractivity (Wildman–Crippen MR) is 79.6 cm³/mol. The number of anilines is 2. The maximum atomic E-state index is 11.7. The minimum absolute atomic E-state index is 0.407. The summed E-state index contributed by atoms with van der Waals surface area (Å²) >= 11 is 0. The molecule has 3 N–H and O–H groups in total. The van der Waals surface area contributed by atoms with Gasteiger partial charge in [-0.15, -0.1) is 0 Å². The van der Waals surface area contributed by atoms with Crippen molar-refractivity contribution in [2.75, 3.05) is 51.5 Å². The minimum Gasteiger partial charge on any atom is -0.465 e. The number of nitrogens with one attached hydrogen (secondary N) is 1. The van der Waals surface area contributed by atoms with Crippen LogP contribution in [0.5, 0.6) is 0 Å². The fraction of sp³-hybridized carbons (Fsp3) is 0.500. The Balaban J connectivity index is 2.16. The van der Waals surface area contributed by atoms with E-state index >= 15 is 0 Å². The van der Waals surface area contributed by atoms with Crippen LogP contribution in [0.4, 0.5) is 11.4 Å². The van der Waals surface area contributed by atoms with Crippen molar-refractivity contribution in [1.29, 1.82) is 0 Å². The number of carbonyl (C=O) groups is 1. The van der Waals surface area contributed by atoms with Crippen molar-refractivity contribution in [2.45, 2.75) is 6.92 Å². The van der Waals surface area contributed by atoms with Gasteiger partial charge >= 0.3 is 5.97 Å². The van der Waals surface area contributed by atoms with E-state index in [2.05, 4.69) is 22.4 Å². The zero-order valence-corrected chi connectivity index (χ0v) is 12.3. The lowest BCUT2D eigenvalue weighted by molar-refractivity contribution is 0.0602. The highest BCUT2D eigenvalue weighted by molar-refractivity contribution is 5.97. The summed E-state index contributed by atoms with van der Waals surface area (Å²) in [5.74, 6) is -0.410. The van der Waals surface area contributed by atoms with Gasteiger partial charge in [0.1, 0.15) is 0 Å². The minimum atomic E-state index is -0.410. The SMILES string of the molecule is COC(=O)c1cc(NN2CCN(C)CC2)cc(C)c1N. The summed E-state index contributed by atoms with van der Waals surface area (Å²) in [5, 5.41) is 2.14. The van der Waals surface area contributed by atoms with Gasteiger partial charge in [0.15, 0.2) is 0 Å². The first-order chi connectivity index (χ1) is 9.51. The van der Waals surface area contributed by atoms with Crippen molar-refractivity contribution >= 4 is 17.3 Å². The first-order valence-electron chi connectivity index (χ1n) is 6.70. The number of nitrogens with two attached hydrogens (primary N) is 1. The zero-order valence-electron chi connectivity index (χ0n) is 12.3. The van der Waals surface area contributed by atoms with Crippen molar-refractivity contribution in [3.8, 4) is 0 Å². The maximum absolute atomic E-state index is 11.7. The fourth-order valence-corrected chi connectivity index (χ4v) is 2.24. The van der Waals surface area contributed by atoms with Crippen LogP contribution in [0.1, 0.15) is 15.9 Å². The Labute approximate surface area is 119 Å². The van der Waals surface area contributed by atoms with Crippen molar-refractivity contribution in [2.24, 2.45) is 0 Å². The van der Waals surface area contributed by atoms with Crippen LogP contribution in [0.3, 0.4) is 0 Å². The van der Waals surface area contributed by atoms with Gasteiger partial charge in [-0.2, -0.15) is 0 Å². The second-order valence-corrected chi connectivity index (χ2v) is 5.15. The Morgan fingerprint density at radius 2 is 1.95 bits per heavy atom. The van der Waals surface area contributed by atoms with Gasteiger partial charge in [0.25, 0.3) is 0 Å². The van der Waals surface area contributed by atoms with Crippen LogP contribution in [0, 0.1) is 6.92 Å². The average molecular weight is 278 g/mol. The number of nitrogen functional groups attached to an aromatic ring is 1. The third-order valence-corrected chi connectivity index (χ3v) is 3.58. The predicted octanol–water partition coefficient (Wildman–Crippen LogP) is 0.938. The second kappa shape index (κ2) is 6.11. The molecule has 0 unspecified atom stereocenters. The third-order valence-electron chi connectivity index (χ3n) is 3.58. The Kier molecular flexibility index (Phi) is 4.46. The average Bonchev–Trinajstić information content (AvgIpc) is 2.44. The number of benzene rings is 1. The highest BCUT2D eigenvalue weighted by atomic mass is 16.5. The molecule has 1 saturated heterocycles. The van der Waals surface area contributed by atoms with E-state index in [1.807, 2.05) is 13.0 Å². The van der Waals surface area contributed by atoms with E-state index in [0.717, 1.165) is 37.4 Å². The number of hydrogen-bond acceptors (Lipinski definition) is 6. The van der Waals surface area contributed by atoms with Crippen LogP contribution in [-0.4, -0.2) is 56.2 Å². The van der Waals surface area contributed by atoms with E-state index in [0.29, 0.717) is 11.3 Å². The van der Waals surface area contributed by atoms with Gasteiger partial charge in [-0.1, -0.05) is 0 Å². The molecule has 0 amide bonds. The molecular formula is C14H22N4O2. The molecule has 6 nitrogen and oxygen atoms in total. The summed E-state index contributed by atoms with van der Waals surface area (Å²) in [6.45, 7) is 5.80. The molecule has 1 aromatic rings. The van der Waals surface area contributed by atoms with Gasteiger partial charge in [0.05, 0.1) is 18.4 Å². The highest BCUT2D eigenvalue weighted by Crippen LogP contribution is 2.24. The number of nitrogens with zero attached hydrogens (tertiary/aromatic N) is 2. The van der Waals surface area contributed by atoms with E-state index in [9.17, 15) is 4.79 Å². The van der Waals surface area contributed by atoms with E-state index in [1.165, 1.54) is 7.11 Å². The number of carbonyl (C=O) groups excluding carboxylic acids is 1. The van der Waals surface area contributed by atoms with Gasteiger partial charge < -0.3 is 20.8 Å². The van der Waals surface area contributed by atoms with Gasteiger partial charge in [-0.05, 0) is 31.7 Å². The molecule has 0 spiro atoms. The smallest absolute Gasteiger partial charge is 0.340 e. The topological polar surface area (TPSA) is 70.8 Å². The number of ether oxygens (including phenoxy) is 1. The summed E-state index contributed by atoms with van der Waals surface area (Å²) in [6.07, 6.45) is 0. The summed E-state index contributed by atoms with van der Waals surface area (Å²) in [5.41, 5.74) is 11.9. The summed E-state index contributed by atoms with van der Waals surface area (Å²) in [6, 6.07) is 3.69. The monoisotopic (exact) mass is 278 g/mol. The molecule has 1 fully saturated rings. The standard InChI is InChI=1S/C14H22N4O2/c1-10-8-11(9-12(13(10)15)14(19)20-3)16-18-6-4-17(2)5-7-18/h8-9,16H,4-7,15H2,1-3H3. The highest BCUT2D eigenvalue weighted by Gasteiger charge is 2.17. The number of piperazine rings is 1. The molecule has 1 aliphatic rings. The van der Waals surface area contributed by atoms with Crippen molar-refractivity contribution in [3.05, 3.63) is 23.3 Å². The molecule has 2 rings (SSSR count). The molecule has 0 radical (unpaired) electrons. The Morgan fingerprint density at radius 3 is 2.55 bits per heavy atom. The van der Waals surface area contributed by atoms with Crippen LogP contribution >= 0.6 is 0 Å². The molecule has 110 valence electrons. The number of esters is 1. The lowest BCUT2D eigenvalue weighted by Gasteiger charge is -2.33. The zero-order chi connectivity index (χ0) is 14.7. The molecule has 1 aliphatic heterocycles. The van der Waals surface area contributed by atoms with Crippen LogP contribution in [-0.2, 0) is 4.74 Å². The maximum Gasteiger partial charge on any atom is 0.340 e. The normalized spacial score (nSPS) is 16.9. The number of aryl methyl sites for hydroxylation is 1. The van der Waals surface area contributed by atoms with E-state index < -0.39 is 5.97 Å². The molecule has 1 aromatic carbocycles. The van der Waals surface area contributed by atoms with Gasteiger partial charge in [-0.25, -0.2) is 9.80 Å². The quantitative estimate of drug-likeness (QED) is 0.633. The Morgan fingerprint density at radius 1 is 1.30 bits per heavy atom. The van der Waals surface area contributed by atoms with E-state index in [1.54, 1.807) is 6.07 Å². The number of methoxy groups -OCH3 is 1. The first kappa shape index (κ1) is 14.6. The number of likely N-dealkylation sites (N-methyl/N-ethyl adjacent to an activating group) is 1. The van der Waals surface area contributed by atoms with Gasteiger partial charge in [0, 0.05) is 31.9 Å². The molecule has 0 atom stereocenters. The molecule has 0 aliphatic carbocycles. The Bertz CT molecular complexity index is 496. The number of hydrazine groups is 1. The summed E-state index contributed by atoms with van der Waals surface area (Å²) < 4.78 is 4.76. The second-order valence-electron chi connectivity index (χ2n) is 5.15. The first-order valence-corrected chi connectivity index (χ1v) is 6.70. The van der Waals surface area contributed by atoms with Crippen LogP contribution in [0.25, 0.3) is 0 Å². The number of hydrogen-bond donors (Lipinski definition) is 2. The Hall–Kier alpha value is -1.79. The van der Waals surface area contributed by atoms with Crippen LogP contribution in [0.15, 0.2) is 12.1 Å². The van der Waals surface area contributed by atoms with Crippen LogP contribution < -0.4 is 11.2 Å². The molecular weight excluding hydrogens is 256 g/mol. The van der Waals surface area contributed by atoms with E-state index in [4.69, 9.17) is 10.5 Å². The third kappa shape index (κ3) is 3.20. The largest absolute Gasteiger partial charge is 0.465 e.